The molecular weight excluding hydrogens is 214 g/mol. The Morgan fingerprint density at radius 3 is 2.71 bits per heavy atom. The summed E-state index contributed by atoms with van der Waals surface area (Å²) in [6.45, 7) is 8.15. The van der Waals surface area contributed by atoms with Crippen LogP contribution in [0.1, 0.15) is 25.6 Å². The molecule has 0 radical (unpaired) electrons. The number of rotatable bonds is 7. The van der Waals surface area contributed by atoms with Gasteiger partial charge in [-0.1, -0.05) is 13.8 Å². The van der Waals surface area contributed by atoms with Crippen molar-refractivity contribution in [1.29, 1.82) is 5.26 Å². The number of imidazole rings is 1. The van der Waals surface area contributed by atoms with Crippen LogP contribution in [-0.2, 0) is 7.05 Å². The lowest BCUT2D eigenvalue weighted by Crippen LogP contribution is -2.33. The highest BCUT2D eigenvalue weighted by molar-refractivity contribution is 5.13. The first-order valence-electron chi connectivity index (χ1n) is 6.04. The summed E-state index contributed by atoms with van der Waals surface area (Å²) < 4.78 is 1.87. The van der Waals surface area contributed by atoms with Crippen LogP contribution in [0, 0.1) is 11.3 Å². The normalized spacial score (nSPS) is 12.6. The van der Waals surface area contributed by atoms with Gasteiger partial charge in [-0.15, -0.1) is 0 Å². The predicted octanol–water partition coefficient (Wildman–Crippen LogP) is 0.916. The molecule has 1 aromatic heterocycles. The molecular formula is C12H21N5. The largest absolute Gasteiger partial charge is 0.335 e. The fraction of sp³-hybridized carbons (Fsp3) is 0.667. The molecule has 0 amide bonds. The monoisotopic (exact) mass is 235 g/mol. The van der Waals surface area contributed by atoms with Crippen LogP contribution in [0.2, 0.25) is 0 Å². The number of aryl methyl sites for hydroxylation is 1. The van der Waals surface area contributed by atoms with E-state index in [9.17, 15) is 0 Å². The molecule has 1 unspecified atom stereocenters. The fourth-order valence-electron chi connectivity index (χ4n) is 1.77. The average Bonchev–Trinajstić information content (AvgIpc) is 2.76. The van der Waals surface area contributed by atoms with Crippen molar-refractivity contribution in [2.24, 2.45) is 7.05 Å². The molecule has 0 aliphatic carbocycles. The molecule has 0 aromatic carbocycles. The summed E-state index contributed by atoms with van der Waals surface area (Å²) in [4.78, 5) is 6.35. The number of nitrogens with zero attached hydrogens (tertiary/aromatic N) is 4. The third kappa shape index (κ3) is 3.84. The molecule has 5 nitrogen and oxygen atoms in total. The maximum Gasteiger partial charge on any atom is 0.138 e. The Morgan fingerprint density at radius 1 is 1.53 bits per heavy atom. The second-order valence-electron chi connectivity index (χ2n) is 3.97. The lowest BCUT2D eigenvalue weighted by atomic mass is 10.2. The summed E-state index contributed by atoms with van der Waals surface area (Å²) in [5, 5.41) is 12.4. The quantitative estimate of drug-likeness (QED) is 0.763. The van der Waals surface area contributed by atoms with Crippen molar-refractivity contribution >= 4 is 0 Å². The minimum Gasteiger partial charge on any atom is -0.335 e. The number of nitriles is 1. The van der Waals surface area contributed by atoms with Crippen LogP contribution in [0.4, 0.5) is 0 Å². The van der Waals surface area contributed by atoms with Crippen LogP contribution < -0.4 is 5.32 Å². The van der Waals surface area contributed by atoms with Crippen LogP contribution in [0.25, 0.3) is 0 Å². The topological polar surface area (TPSA) is 56.9 Å². The van der Waals surface area contributed by atoms with Crippen molar-refractivity contribution in [3.63, 3.8) is 0 Å². The Morgan fingerprint density at radius 2 is 2.24 bits per heavy atom. The summed E-state index contributed by atoms with van der Waals surface area (Å²) in [5.41, 5.74) is 0.909. The van der Waals surface area contributed by atoms with E-state index in [2.05, 4.69) is 35.1 Å². The van der Waals surface area contributed by atoms with Gasteiger partial charge in [-0.2, -0.15) is 5.26 Å². The van der Waals surface area contributed by atoms with Crippen molar-refractivity contribution in [2.75, 3.05) is 26.2 Å². The number of aromatic nitrogens is 2. The maximum atomic E-state index is 9.13. The van der Waals surface area contributed by atoms with E-state index < -0.39 is 0 Å². The van der Waals surface area contributed by atoms with E-state index in [4.69, 9.17) is 5.26 Å². The number of hydrogen-bond donors (Lipinski definition) is 1. The van der Waals surface area contributed by atoms with Crippen molar-refractivity contribution in [2.45, 2.75) is 19.9 Å². The van der Waals surface area contributed by atoms with Gasteiger partial charge in [0.15, 0.2) is 0 Å². The summed E-state index contributed by atoms with van der Waals surface area (Å²) in [7, 11) is 1.90. The molecule has 0 bridgehead atoms. The number of likely N-dealkylation sites (N-methyl/N-ethyl adjacent to an activating group) is 1. The van der Waals surface area contributed by atoms with E-state index in [1.54, 1.807) is 12.5 Å². The summed E-state index contributed by atoms with van der Waals surface area (Å²) in [6, 6.07) is 1.99. The molecule has 0 saturated carbocycles. The van der Waals surface area contributed by atoms with Gasteiger partial charge in [-0.3, -0.25) is 5.32 Å². The van der Waals surface area contributed by atoms with Crippen LogP contribution in [0.15, 0.2) is 12.5 Å². The minimum absolute atomic E-state index is 0.280. The molecule has 1 heterocycles. The minimum atomic E-state index is -0.280. The van der Waals surface area contributed by atoms with E-state index in [0.29, 0.717) is 0 Å². The van der Waals surface area contributed by atoms with Crippen molar-refractivity contribution in [3.8, 4) is 6.07 Å². The highest BCUT2D eigenvalue weighted by Crippen LogP contribution is 2.09. The van der Waals surface area contributed by atoms with Crippen molar-refractivity contribution in [3.05, 3.63) is 18.2 Å². The van der Waals surface area contributed by atoms with Crippen LogP contribution in [0.3, 0.4) is 0 Å². The SMILES string of the molecule is CCN(CC)CCNC(C#N)c1cncn1C. The van der Waals surface area contributed by atoms with E-state index >= 15 is 0 Å². The third-order valence-corrected chi connectivity index (χ3v) is 2.95. The second-order valence-corrected chi connectivity index (χ2v) is 3.97. The van der Waals surface area contributed by atoms with Crippen LogP contribution >= 0.6 is 0 Å². The highest BCUT2D eigenvalue weighted by Gasteiger charge is 2.13. The Bertz CT molecular complexity index is 361. The van der Waals surface area contributed by atoms with Gasteiger partial charge < -0.3 is 9.47 Å². The van der Waals surface area contributed by atoms with Gasteiger partial charge in [0.1, 0.15) is 6.04 Å². The Balaban J connectivity index is 2.44. The first kappa shape index (κ1) is 13.7. The highest BCUT2D eigenvalue weighted by atomic mass is 15.1. The smallest absolute Gasteiger partial charge is 0.138 e. The number of nitrogens with one attached hydrogen (secondary N) is 1. The van der Waals surface area contributed by atoms with Gasteiger partial charge in [0, 0.05) is 20.1 Å². The molecule has 94 valence electrons. The van der Waals surface area contributed by atoms with E-state index in [0.717, 1.165) is 31.9 Å². The van der Waals surface area contributed by atoms with Gasteiger partial charge in [0.25, 0.3) is 0 Å². The zero-order valence-corrected chi connectivity index (χ0v) is 10.8. The Labute approximate surface area is 103 Å². The predicted molar refractivity (Wildman–Crippen MR) is 67.4 cm³/mol. The molecule has 0 saturated heterocycles. The zero-order valence-electron chi connectivity index (χ0n) is 10.8. The molecule has 1 aromatic rings. The van der Waals surface area contributed by atoms with Crippen LogP contribution in [-0.4, -0.2) is 40.6 Å². The Hall–Kier alpha value is -1.38. The van der Waals surface area contributed by atoms with Crippen molar-refractivity contribution in [1.82, 2.24) is 19.8 Å². The summed E-state index contributed by atoms with van der Waals surface area (Å²) >= 11 is 0. The van der Waals surface area contributed by atoms with Gasteiger partial charge >= 0.3 is 0 Å². The molecule has 1 N–H and O–H groups in total. The lowest BCUT2D eigenvalue weighted by molar-refractivity contribution is 0.299. The molecule has 0 fully saturated rings. The van der Waals surface area contributed by atoms with E-state index in [1.165, 1.54) is 0 Å². The van der Waals surface area contributed by atoms with Crippen molar-refractivity contribution < 1.29 is 0 Å². The van der Waals surface area contributed by atoms with Gasteiger partial charge in [-0.25, -0.2) is 4.98 Å². The number of hydrogen-bond acceptors (Lipinski definition) is 4. The molecule has 0 spiro atoms. The fourth-order valence-corrected chi connectivity index (χ4v) is 1.77. The molecule has 5 heteroatoms. The summed E-state index contributed by atoms with van der Waals surface area (Å²) in [6.07, 6.45) is 3.45. The molecule has 1 rings (SSSR count). The van der Waals surface area contributed by atoms with E-state index in [1.807, 2.05) is 11.6 Å². The zero-order chi connectivity index (χ0) is 12.7. The van der Waals surface area contributed by atoms with Gasteiger partial charge in [-0.05, 0) is 13.1 Å². The maximum absolute atomic E-state index is 9.13. The lowest BCUT2D eigenvalue weighted by Gasteiger charge is -2.19. The molecule has 0 aliphatic rings. The first-order valence-corrected chi connectivity index (χ1v) is 6.04. The van der Waals surface area contributed by atoms with Gasteiger partial charge in [0.2, 0.25) is 0 Å². The van der Waals surface area contributed by atoms with Crippen LogP contribution in [0.5, 0.6) is 0 Å². The first-order chi connectivity index (χ1) is 8.22. The molecule has 1 atom stereocenters. The van der Waals surface area contributed by atoms with Gasteiger partial charge in [0.05, 0.1) is 24.3 Å². The average molecular weight is 235 g/mol. The Kier molecular flexibility index (Phi) is 5.67. The molecule has 17 heavy (non-hydrogen) atoms. The molecule has 0 aliphatic heterocycles. The third-order valence-electron chi connectivity index (χ3n) is 2.95. The standard InChI is InChI=1S/C12H21N5/c1-4-17(5-2)7-6-15-11(8-13)12-9-14-10-16(12)3/h9-11,15H,4-7H2,1-3H3. The second kappa shape index (κ2) is 7.05. The summed E-state index contributed by atoms with van der Waals surface area (Å²) in [5.74, 6) is 0. The van der Waals surface area contributed by atoms with E-state index in [-0.39, 0.29) is 6.04 Å².